The average molecular weight is 228 g/mol. The fourth-order valence-corrected chi connectivity index (χ4v) is 2.22. The van der Waals surface area contributed by atoms with Crippen LogP contribution < -0.4 is 5.32 Å². The van der Waals surface area contributed by atoms with Gasteiger partial charge in [0, 0.05) is 6.04 Å². The summed E-state index contributed by atoms with van der Waals surface area (Å²) in [6.07, 6.45) is 3.24. The Kier molecular flexibility index (Phi) is 6.32. The zero-order valence-corrected chi connectivity index (χ0v) is 11.1. The Morgan fingerprint density at radius 3 is 2.44 bits per heavy atom. The van der Waals surface area contributed by atoms with Crippen molar-refractivity contribution in [2.24, 2.45) is 5.92 Å². The Morgan fingerprint density at radius 2 is 1.94 bits per heavy atom. The average Bonchev–Trinajstić information content (AvgIpc) is 2.29. The second-order valence-electron chi connectivity index (χ2n) is 5.26. The van der Waals surface area contributed by atoms with Crippen molar-refractivity contribution in [2.45, 2.75) is 52.2 Å². The summed E-state index contributed by atoms with van der Waals surface area (Å²) in [5, 5.41) is 13.3. The molecule has 3 heteroatoms. The van der Waals surface area contributed by atoms with E-state index in [4.69, 9.17) is 0 Å². The summed E-state index contributed by atoms with van der Waals surface area (Å²) in [5.74, 6) is 0.378. The second kappa shape index (κ2) is 7.25. The third-order valence-corrected chi connectivity index (χ3v) is 3.68. The van der Waals surface area contributed by atoms with Crippen LogP contribution in [0.1, 0.15) is 40.0 Å². The van der Waals surface area contributed by atoms with Gasteiger partial charge >= 0.3 is 0 Å². The smallest absolute Gasteiger partial charge is 0.0575 e. The Morgan fingerprint density at radius 1 is 1.31 bits per heavy atom. The first-order valence-electron chi connectivity index (χ1n) is 6.77. The van der Waals surface area contributed by atoms with E-state index in [9.17, 15) is 5.11 Å². The van der Waals surface area contributed by atoms with Gasteiger partial charge in [0.2, 0.25) is 0 Å². The quantitative estimate of drug-likeness (QED) is 0.722. The lowest BCUT2D eigenvalue weighted by molar-refractivity contribution is 0.113. The summed E-state index contributed by atoms with van der Waals surface area (Å²) < 4.78 is 0. The lowest BCUT2D eigenvalue weighted by Gasteiger charge is -2.31. The van der Waals surface area contributed by atoms with E-state index in [1.54, 1.807) is 0 Å². The summed E-state index contributed by atoms with van der Waals surface area (Å²) in [6.45, 7) is 11.0. The molecule has 3 nitrogen and oxygen atoms in total. The molecule has 1 unspecified atom stereocenters. The molecule has 0 radical (unpaired) electrons. The molecule has 0 aromatic heterocycles. The number of nitrogens with one attached hydrogen (secondary N) is 1. The van der Waals surface area contributed by atoms with E-state index in [0.29, 0.717) is 12.0 Å². The highest BCUT2D eigenvalue weighted by molar-refractivity contribution is 4.77. The van der Waals surface area contributed by atoms with Gasteiger partial charge in [-0.25, -0.2) is 0 Å². The van der Waals surface area contributed by atoms with Crippen molar-refractivity contribution in [1.82, 2.24) is 10.2 Å². The summed E-state index contributed by atoms with van der Waals surface area (Å²) in [5.41, 5.74) is 0. The molecule has 16 heavy (non-hydrogen) atoms. The largest absolute Gasteiger partial charge is 0.393 e. The first-order chi connectivity index (χ1) is 7.63. The zero-order valence-electron chi connectivity index (χ0n) is 11.1. The van der Waals surface area contributed by atoms with E-state index in [0.717, 1.165) is 13.0 Å². The molecule has 0 aromatic carbocycles. The highest BCUT2D eigenvalue weighted by Gasteiger charge is 2.17. The monoisotopic (exact) mass is 228 g/mol. The number of hydrogen-bond acceptors (Lipinski definition) is 3. The van der Waals surface area contributed by atoms with Crippen LogP contribution in [0.25, 0.3) is 0 Å². The molecule has 1 fully saturated rings. The number of piperidine rings is 1. The topological polar surface area (TPSA) is 35.5 Å². The minimum atomic E-state index is -0.150. The number of hydrogen-bond donors (Lipinski definition) is 2. The van der Waals surface area contributed by atoms with Gasteiger partial charge in [-0.3, -0.25) is 0 Å². The molecule has 0 aliphatic carbocycles. The normalized spacial score (nSPS) is 21.6. The van der Waals surface area contributed by atoms with Gasteiger partial charge in [0.15, 0.2) is 0 Å². The van der Waals surface area contributed by atoms with Crippen molar-refractivity contribution in [3.63, 3.8) is 0 Å². The van der Waals surface area contributed by atoms with Crippen LogP contribution in [0.3, 0.4) is 0 Å². The van der Waals surface area contributed by atoms with Crippen LogP contribution in [0, 0.1) is 5.92 Å². The number of likely N-dealkylation sites (tertiary alicyclic amines) is 1. The van der Waals surface area contributed by atoms with E-state index in [1.165, 1.54) is 32.5 Å². The van der Waals surface area contributed by atoms with Gasteiger partial charge in [0.05, 0.1) is 6.10 Å². The standard InChI is InChI=1S/C13H28N2O/c1-4-15-9-6-12(7-10-15)14-8-5-13(16)11(2)3/h11-14,16H,4-10H2,1-3H3. The molecule has 1 rings (SSSR count). The molecular weight excluding hydrogens is 200 g/mol. The van der Waals surface area contributed by atoms with Crippen LogP contribution in [0.15, 0.2) is 0 Å². The third-order valence-electron chi connectivity index (χ3n) is 3.68. The van der Waals surface area contributed by atoms with Gasteiger partial charge in [-0.15, -0.1) is 0 Å². The first kappa shape index (κ1) is 13.9. The molecule has 1 saturated heterocycles. The maximum atomic E-state index is 9.69. The predicted molar refractivity (Wildman–Crippen MR) is 68.6 cm³/mol. The third kappa shape index (κ3) is 4.81. The van der Waals surface area contributed by atoms with Crippen molar-refractivity contribution >= 4 is 0 Å². The molecule has 0 aromatic rings. The molecule has 0 amide bonds. The summed E-state index contributed by atoms with van der Waals surface area (Å²) in [7, 11) is 0. The van der Waals surface area contributed by atoms with Gasteiger partial charge in [-0.05, 0) is 51.4 Å². The number of aliphatic hydroxyl groups is 1. The van der Waals surface area contributed by atoms with Crippen LogP contribution in [0.4, 0.5) is 0 Å². The van der Waals surface area contributed by atoms with Gasteiger partial charge in [-0.2, -0.15) is 0 Å². The number of rotatable bonds is 6. The van der Waals surface area contributed by atoms with Crippen LogP contribution in [0.2, 0.25) is 0 Å². The Balaban J connectivity index is 2.06. The summed E-state index contributed by atoms with van der Waals surface area (Å²) in [6, 6.07) is 0.669. The van der Waals surface area contributed by atoms with Crippen molar-refractivity contribution in [2.75, 3.05) is 26.2 Å². The Labute approximate surface area is 100 Å². The lowest BCUT2D eigenvalue weighted by atomic mass is 10.0. The second-order valence-corrected chi connectivity index (χ2v) is 5.26. The minimum Gasteiger partial charge on any atom is -0.393 e. The first-order valence-corrected chi connectivity index (χ1v) is 6.77. The molecule has 2 N–H and O–H groups in total. The van der Waals surface area contributed by atoms with Crippen molar-refractivity contribution < 1.29 is 5.11 Å². The Bertz CT molecular complexity index is 177. The SMILES string of the molecule is CCN1CCC(NCCC(O)C(C)C)CC1. The van der Waals surface area contributed by atoms with Crippen LogP contribution in [-0.4, -0.2) is 48.3 Å². The van der Waals surface area contributed by atoms with E-state index >= 15 is 0 Å². The van der Waals surface area contributed by atoms with E-state index in [2.05, 4.69) is 31.0 Å². The van der Waals surface area contributed by atoms with Gasteiger partial charge in [0.1, 0.15) is 0 Å². The molecular formula is C13H28N2O. The van der Waals surface area contributed by atoms with Crippen LogP contribution in [-0.2, 0) is 0 Å². The van der Waals surface area contributed by atoms with E-state index in [-0.39, 0.29) is 6.10 Å². The fraction of sp³-hybridized carbons (Fsp3) is 1.00. The molecule has 0 saturated carbocycles. The van der Waals surface area contributed by atoms with Gasteiger partial charge in [-0.1, -0.05) is 20.8 Å². The number of nitrogens with zero attached hydrogens (tertiary/aromatic N) is 1. The zero-order chi connectivity index (χ0) is 12.0. The van der Waals surface area contributed by atoms with E-state index in [1.807, 2.05) is 0 Å². The predicted octanol–water partition coefficient (Wildman–Crippen LogP) is 1.47. The maximum Gasteiger partial charge on any atom is 0.0575 e. The molecule has 1 atom stereocenters. The minimum absolute atomic E-state index is 0.150. The van der Waals surface area contributed by atoms with Crippen molar-refractivity contribution in [3.05, 3.63) is 0 Å². The van der Waals surface area contributed by atoms with Gasteiger partial charge in [0.25, 0.3) is 0 Å². The highest BCUT2D eigenvalue weighted by atomic mass is 16.3. The van der Waals surface area contributed by atoms with Gasteiger partial charge < -0.3 is 15.3 Å². The van der Waals surface area contributed by atoms with Crippen molar-refractivity contribution in [1.29, 1.82) is 0 Å². The van der Waals surface area contributed by atoms with Crippen LogP contribution >= 0.6 is 0 Å². The fourth-order valence-electron chi connectivity index (χ4n) is 2.22. The summed E-state index contributed by atoms with van der Waals surface area (Å²) in [4.78, 5) is 2.50. The summed E-state index contributed by atoms with van der Waals surface area (Å²) >= 11 is 0. The molecule has 0 spiro atoms. The molecule has 1 heterocycles. The lowest BCUT2D eigenvalue weighted by Crippen LogP contribution is -2.43. The van der Waals surface area contributed by atoms with Crippen molar-refractivity contribution in [3.8, 4) is 0 Å². The molecule has 96 valence electrons. The van der Waals surface area contributed by atoms with Crippen LogP contribution in [0.5, 0.6) is 0 Å². The molecule has 1 aliphatic heterocycles. The molecule has 1 aliphatic rings. The Hall–Kier alpha value is -0.120. The maximum absolute atomic E-state index is 9.69. The highest BCUT2D eigenvalue weighted by Crippen LogP contribution is 2.10. The molecule has 0 bridgehead atoms. The van der Waals surface area contributed by atoms with E-state index < -0.39 is 0 Å². The number of aliphatic hydroxyl groups excluding tert-OH is 1.